The highest BCUT2D eigenvalue weighted by Gasteiger charge is 2.41. The Morgan fingerprint density at radius 2 is 1.71 bits per heavy atom. The number of para-hydroxylation sites is 2. The number of aromatic carboxylic acids is 1. The molecule has 4 aromatic rings. The van der Waals surface area contributed by atoms with Gasteiger partial charge in [0.1, 0.15) is 17.8 Å². The van der Waals surface area contributed by atoms with Gasteiger partial charge in [0.2, 0.25) is 0 Å². The lowest BCUT2D eigenvalue weighted by Crippen LogP contribution is -2.46. The number of carbonyl (C=O) groups excluding carboxylic acids is 3. The van der Waals surface area contributed by atoms with Crippen molar-refractivity contribution in [1.29, 1.82) is 0 Å². The molecule has 14 heteroatoms. The molecule has 0 spiro atoms. The van der Waals surface area contributed by atoms with E-state index in [0.29, 0.717) is 33.3 Å². The normalized spacial score (nSPS) is 15.8. The number of halogens is 1. The predicted molar refractivity (Wildman–Crippen MR) is 191 cm³/mol. The summed E-state index contributed by atoms with van der Waals surface area (Å²) in [6.07, 6.45) is -1.24. The predicted octanol–water partition coefficient (Wildman–Crippen LogP) is 6.07. The van der Waals surface area contributed by atoms with Crippen LogP contribution in [0.3, 0.4) is 0 Å². The maximum Gasteiger partial charge on any atom is 0.341 e. The van der Waals surface area contributed by atoms with Crippen LogP contribution >= 0.6 is 11.6 Å². The second-order valence-corrected chi connectivity index (χ2v) is 13.3. The molecule has 0 bridgehead atoms. The molecule has 0 aliphatic carbocycles. The van der Waals surface area contributed by atoms with Gasteiger partial charge in [0.15, 0.2) is 11.5 Å². The van der Waals surface area contributed by atoms with Gasteiger partial charge in [0.25, 0.3) is 5.91 Å². The van der Waals surface area contributed by atoms with Gasteiger partial charge in [-0.15, -0.1) is 0 Å². The standard InChI is InChI=1S/C38H40ClN3O10/c1-7-50-37(47)27-19-40-42(29-13-9-8-11-24(29)36(45)46)30(27)18-32-35(44)41(20-38(3,4)21-51-22(2)43)28-16-15-23(39)17-26(28)33(52-32)25-12-10-14-31(48-5)34(25)49-6/h8-17,19,32-33H,7,18,20-21H2,1-6H3,(H,45,46)/t32-,33-/m1/s1. The number of amides is 1. The topological polar surface area (TPSA) is 156 Å². The molecule has 1 aromatic heterocycles. The Morgan fingerprint density at radius 1 is 0.962 bits per heavy atom. The quantitative estimate of drug-likeness (QED) is 0.159. The van der Waals surface area contributed by atoms with Gasteiger partial charge in [0, 0.05) is 47.1 Å². The highest BCUT2D eigenvalue weighted by atomic mass is 35.5. The largest absolute Gasteiger partial charge is 0.493 e. The van der Waals surface area contributed by atoms with Gasteiger partial charge in [-0.25, -0.2) is 14.3 Å². The fraction of sp³-hybridized carbons (Fsp3) is 0.342. The minimum absolute atomic E-state index is 0.0133. The number of esters is 2. The monoisotopic (exact) mass is 733 g/mol. The Bertz CT molecular complexity index is 1990. The van der Waals surface area contributed by atoms with Gasteiger partial charge in [-0.2, -0.15) is 5.10 Å². The molecular formula is C38H40ClN3O10. The van der Waals surface area contributed by atoms with Crippen molar-refractivity contribution >= 4 is 41.1 Å². The highest BCUT2D eigenvalue weighted by molar-refractivity contribution is 6.30. The molecule has 274 valence electrons. The van der Waals surface area contributed by atoms with Crippen molar-refractivity contribution in [3.05, 3.63) is 99.8 Å². The number of rotatable bonds is 13. The zero-order chi connectivity index (χ0) is 37.7. The molecule has 2 heterocycles. The zero-order valence-electron chi connectivity index (χ0n) is 29.7. The molecular weight excluding hydrogens is 694 g/mol. The van der Waals surface area contributed by atoms with Crippen molar-refractivity contribution in [1.82, 2.24) is 9.78 Å². The molecule has 13 nitrogen and oxygen atoms in total. The number of nitrogens with zero attached hydrogens (tertiary/aromatic N) is 3. The van der Waals surface area contributed by atoms with Crippen LogP contribution in [0.1, 0.15) is 71.3 Å². The van der Waals surface area contributed by atoms with Crippen LogP contribution in [-0.4, -0.2) is 78.8 Å². The van der Waals surface area contributed by atoms with Crippen molar-refractivity contribution in [2.24, 2.45) is 5.41 Å². The first-order chi connectivity index (χ1) is 24.8. The number of benzene rings is 3. The second kappa shape index (κ2) is 15.9. The second-order valence-electron chi connectivity index (χ2n) is 12.8. The van der Waals surface area contributed by atoms with Crippen molar-refractivity contribution in [2.45, 2.75) is 46.3 Å². The fourth-order valence-corrected chi connectivity index (χ4v) is 6.35. The van der Waals surface area contributed by atoms with Gasteiger partial charge in [-0.05, 0) is 43.3 Å². The van der Waals surface area contributed by atoms with Crippen LogP contribution in [0, 0.1) is 5.41 Å². The number of hydrogen-bond donors (Lipinski definition) is 1. The summed E-state index contributed by atoms with van der Waals surface area (Å²) < 4.78 is 30.3. The average molecular weight is 734 g/mol. The molecule has 0 unspecified atom stereocenters. The van der Waals surface area contributed by atoms with E-state index in [-0.39, 0.29) is 48.7 Å². The lowest BCUT2D eigenvalue weighted by Gasteiger charge is -2.33. The Hall–Kier alpha value is -5.40. The number of anilines is 1. The van der Waals surface area contributed by atoms with Gasteiger partial charge < -0.3 is 33.7 Å². The number of carbonyl (C=O) groups is 4. The van der Waals surface area contributed by atoms with E-state index in [1.54, 1.807) is 66.4 Å². The molecule has 1 aliphatic heterocycles. The third-order valence-electron chi connectivity index (χ3n) is 8.48. The summed E-state index contributed by atoms with van der Waals surface area (Å²) in [4.78, 5) is 54.0. The van der Waals surface area contributed by atoms with E-state index >= 15 is 0 Å². The summed E-state index contributed by atoms with van der Waals surface area (Å²) >= 11 is 6.60. The Kier molecular flexibility index (Phi) is 11.6. The van der Waals surface area contributed by atoms with Crippen LogP contribution in [0.25, 0.3) is 5.69 Å². The molecule has 52 heavy (non-hydrogen) atoms. The number of aromatic nitrogens is 2. The number of fused-ring (bicyclic) bond motifs is 1. The third kappa shape index (κ3) is 7.90. The van der Waals surface area contributed by atoms with E-state index in [9.17, 15) is 24.3 Å². The van der Waals surface area contributed by atoms with Crippen molar-refractivity contribution in [3.63, 3.8) is 0 Å². The van der Waals surface area contributed by atoms with E-state index in [2.05, 4.69) is 5.10 Å². The van der Waals surface area contributed by atoms with Crippen LogP contribution in [-0.2, 0) is 30.2 Å². The summed E-state index contributed by atoms with van der Waals surface area (Å²) in [7, 11) is 3.00. The Labute approximate surface area is 305 Å². The minimum Gasteiger partial charge on any atom is -0.493 e. The van der Waals surface area contributed by atoms with E-state index in [1.165, 1.54) is 38.1 Å². The highest BCUT2D eigenvalue weighted by Crippen LogP contribution is 2.46. The van der Waals surface area contributed by atoms with Crippen molar-refractivity contribution in [2.75, 3.05) is 38.9 Å². The maximum absolute atomic E-state index is 15.0. The number of carboxylic acid groups (broad SMARTS) is 1. The Morgan fingerprint density at radius 3 is 2.38 bits per heavy atom. The van der Waals surface area contributed by atoms with Crippen LogP contribution < -0.4 is 14.4 Å². The molecule has 1 N–H and O–H groups in total. The van der Waals surface area contributed by atoms with Crippen LogP contribution in [0.15, 0.2) is 66.9 Å². The number of hydrogen-bond acceptors (Lipinski definition) is 10. The SMILES string of the molecule is CCOC(=O)c1cnn(-c2ccccc2C(=O)O)c1C[C@H]1O[C@H](c2cccc(OC)c2OC)c2cc(Cl)ccc2N(CC(C)(C)COC(C)=O)C1=O. The molecule has 0 fully saturated rings. The molecule has 1 amide bonds. The molecule has 5 rings (SSSR count). The molecule has 2 atom stereocenters. The summed E-state index contributed by atoms with van der Waals surface area (Å²) in [6.45, 7) is 6.85. The number of methoxy groups -OCH3 is 2. The molecule has 3 aromatic carbocycles. The molecule has 1 aliphatic rings. The number of carboxylic acids is 1. The smallest absolute Gasteiger partial charge is 0.341 e. The van der Waals surface area contributed by atoms with Crippen LogP contribution in [0.2, 0.25) is 5.02 Å². The van der Waals surface area contributed by atoms with Crippen LogP contribution in [0.5, 0.6) is 11.5 Å². The van der Waals surface area contributed by atoms with Gasteiger partial charge in [-0.1, -0.05) is 49.7 Å². The molecule has 0 saturated heterocycles. The molecule has 0 radical (unpaired) electrons. The first-order valence-electron chi connectivity index (χ1n) is 16.5. The minimum atomic E-state index is -1.31. The van der Waals surface area contributed by atoms with Gasteiger partial charge in [-0.3, -0.25) is 9.59 Å². The summed E-state index contributed by atoms with van der Waals surface area (Å²) in [5, 5.41) is 14.8. The van der Waals surface area contributed by atoms with E-state index < -0.39 is 41.4 Å². The van der Waals surface area contributed by atoms with Crippen molar-refractivity contribution < 1.29 is 48.0 Å². The Balaban J connectivity index is 1.74. The molecule has 0 saturated carbocycles. The van der Waals surface area contributed by atoms with E-state index in [0.717, 1.165) is 0 Å². The summed E-state index contributed by atoms with van der Waals surface area (Å²) in [5.41, 5.74) is 1.11. The zero-order valence-corrected chi connectivity index (χ0v) is 30.4. The van der Waals surface area contributed by atoms with Crippen molar-refractivity contribution in [3.8, 4) is 17.2 Å². The van der Waals surface area contributed by atoms with Gasteiger partial charge in [0.05, 0.1) is 50.6 Å². The fourth-order valence-electron chi connectivity index (χ4n) is 6.17. The number of ether oxygens (including phenoxy) is 5. The summed E-state index contributed by atoms with van der Waals surface area (Å²) in [5.74, 6) is -2.09. The third-order valence-corrected chi connectivity index (χ3v) is 8.71. The maximum atomic E-state index is 15.0. The lowest BCUT2D eigenvalue weighted by atomic mass is 9.92. The first-order valence-corrected chi connectivity index (χ1v) is 16.8. The van der Waals surface area contributed by atoms with Crippen LogP contribution in [0.4, 0.5) is 5.69 Å². The summed E-state index contributed by atoms with van der Waals surface area (Å²) in [6, 6.07) is 16.6. The van der Waals surface area contributed by atoms with Gasteiger partial charge >= 0.3 is 17.9 Å². The first kappa shape index (κ1) is 37.8. The van der Waals surface area contributed by atoms with E-state index in [4.69, 9.17) is 35.3 Å². The average Bonchev–Trinajstić information content (AvgIpc) is 3.50. The lowest BCUT2D eigenvalue weighted by molar-refractivity contribution is -0.143. The van der Waals surface area contributed by atoms with E-state index in [1.807, 2.05) is 13.8 Å².